The van der Waals surface area contributed by atoms with Crippen LogP contribution in [0.5, 0.6) is 0 Å². The minimum absolute atomic E-state index is 0.0469. The van der Waals surface area contributed by atoms with Gasteiger partial charge in [-0.25, -0.2) is 4.79 Å². The molecule has 0 aromatic heterocycles. The maximum absolute atomic E-state index is 12.2. The topological polar surface area (TPSA) is 69.6 Å². The number of nitrogens with zero attached hydrogens (tertiary/aromatic N) is 1. The van der Waals surface area contributed by atoms with E-state index in [-0.39, 0.29) is 18.0 Å². The van der Waals surface area contributed by atoms with Crippen molar-refractivity contribution in [1.82, 2.24) is 10.2 Å². The Kier molecular flexibility index (Phi) is 5.68. The molecule has 1 aliphatic heterocycles. The number of carboxylic acids is 1. The molecule has 114 valence electrons. The van der Waals surface area contributed by atoms with Gasteiger partial charge in [-0.1, -0.05) is 19.3 Å². The molecule has 5 nitrogen and oxygen atoms in total. The van der Waals surface area contributed by atoms with Crippen molar-refractivity contribution >= 4 is 12.0 Å². The number of hydrogen-bond donors (Lipinski definition) is 2. The minimum Gasteiger partial charge on any atom is -0.481 e. The lowest BCUT2D eigenvalue weighted by Gasteiger charge is -2.31. The second-order valence-corrected chi connectivity index (χ2v) is 6.09. The minimum atomic E-state index is -0.696. The molecule has 1 aliphatic carbocycles. The molecule has 1 saturated heterocycles. The zero-order chi connectivity index (χ0) is 14.4. The van der Waals surface area contributed by atoms with Crippen molar-refractivity contribution in [2.75, 3.05) is 13.1 Å². The molecular formula is C15H26N2O3. The number of carbonyl (C=O) groups is 2. The van der Waals surface area contributed by atoms with Gasteiger partial charge in [0.1, 0.15) is 0 Å². The predicted octanol–water partition coefficient (Wildman–Crippen LogP) is 2.61. The summed E-state index contributed by atoms with van der Waals surface area (Å²) in [5.74, 6) is -0.914. The molecule has 0 aromatic rings. The Morgan fingerprint density at radius 2 is 1.45 bits per heavy atom. The van der Waals surface area contributed by atoms with Crippen molar-refractivity contribution in [1.29, 1.82) is 0 Å². The van der Waals surface area contributed by atoms with Gasteiger partial charge >= 0.3 is 12.0 Å². The van der Waals surface area contributed by atoms with Crippen LogP contribution in [-0.2, 0) is 4.79 Å². The van der Waals surface area contributed by atoms with E-state index >= 15 is 0 Å². The normalized spacial score (nSPS) is 28.3. The first-order chi connectivity index (χ1) is 9.66. The number of hydrogen-bond acceptors (Lipinski definition) is 2. The van der Waals surface area contributed by atoms with Crippen LogP contribution in [0, 0.1) is 5.92 Å². The van der Waals surface area contributed by atoms with E-state index in [2.05, 4.69) is 5.32 Å². The third-order valence-electron chi connectivity index (χ3n) is 4.55. The molecule has 0 unspecified atom stereocenters. The predicted molar refractivity (Wildman–Crippen MR) is 76.6 cm³/mol. The van der Waals surface area contributed by atoms with Gasteiger partial charge in [-0.05, 0) is 38.5 Å². The highest BCUT2D eigenvalue weighted by Crippen LogP contribution is 2.24. The molecule has 2 amide bonds. The molecule has 1 heterocycles. The Morgan fingerprint density at radius 1 is 0.900 bits per heavy atom. The molecule has 20 heavy (non-hydrogen) atoms. The van der Waals surface area contributed by atoms with Crippen LogP contribution < -0.4 is 5.32 Å². The van der Waals surface area contributed by atoms with Crippen LogP contribution in [0.3, 0.4) is 0 Å². The van der Waals surface area contributed by atoms with Gasteiger partial charge in [0.05, 0.1) is 5.92 Å². The summed E-state index contributed by atoms with van der Waals surface area (Å²) in [7, 11) is 0. The second kappa shape index (κ2) is 7.50. The summed E-state index contributed by atoms with van der Waals surface area (Å²) in [4.78, 5) is 25.1. The molecule has 0 spiro atoms. The van der Waals surface area contributed by atoms with E-state index in [9.17, 15) is 9.59 Å². The van der Waals surface area contributed by atoms with E-state index in [0.717, 1.165) is 38.8 Å². The van der Waals surface area contributed by atoms with Crippen molar-refractivity contribution in [3.05, 3.63) is 0 Å². The Labute approximate surface area is 120 Å². The number of likely N-dealkylation sites (tertiary alicyclic amines) is 1. The van der Waals surface area contributed by atoms with Gasteiger partial charge in [0, 0.05) is 19.1 Å². The smallest absolute Gasteiger partial charge is 0.317 e. The molecule has 5 heteroatoms. The first-order valence-corrected chi connectivity index (χ1v) is 7.95. The molecule has 2 fully saturated rings. The number of amides is 2. The quantitative estimate of drug-likeness (QED) is 0.818. The van der Waals surface area contributed by atoms with Crippen LogP contribution in [-0.4, -0.2) is 41.1 Å². The van der Waals surface area contributed by atoms with Crippen molar-refractivity contribution in [2.45, 2.75) is 63.8 Å². The van der Waals surface area contributed by atoms with Gasteiger partial charge in [-0.3, -0.25) is 4.79 Å². The summed E-state index contributed by atoms with van der Waals surface area (Å²) in [6.07, 6.45) is 8.85. The molecule has 2 rings (SSSR count). The Bertz CT molecular complexity index is 330. The number of rotatable bonds is 2. The lowest BCUT2D eigenvalue weighted by molar-refractivity contribution is -0.142. The Morgan fingerprint density at radius 3 is 2.00 bits per heavy atom. The van der Waals surface area contributed by atoms with Crippen LogP contribution in [0.2, 0.25) is 0 Å². The SMILES string of the molecule is O=C(O)C1CCC(NC(=O)N2CCCCCCC2)CC1. The van der Waals surface area contributed by atoms with Gasteiger partial charge in [0.25, 0.3) is 0 Å². The average Bonchev–Trinajstić information content (AvgIpc) is 2.38. The highest BCUT2D eigenvalue weighted by atomic mass is 16.4. The molecule has 0 atom stereocenters. The highest BCUT2D eigenvalue weighted by Gasteiger charge is 2.27. The standard InChI is InChI=1S/C15H26N2O3/c18-14(19)12-6-8-13(9-7-12)16-15(20)17-10-4-2-1-3-5-11-17/h12-13H,1-11H2,(H,16,20)(H,18,19). The van der Waals surface area contributed by atoms with Crippen LogP contribution in [0.25, 0.3) is 0 Å². The third-order valence-corrected chi connectivity index (χ3v) is 4.55. The fourth-order valence-electron chi connectivity index (χ4n) is 3.20. The van der Waals surface area contributed by atoms with E-state index in [1.807, 2.05) is 4.90 Å². The summed E-state index contributed by atoms with van der Waals surface area (Å²) < 4.78 is 0. The Balaban J connectivity index is 1.75. The lowest BCUT2D eigenvalue weighted by atomic mass is 9.86. The van der Waals surface area contributed by atoms with Crippen molar-refractivity contribution in [3.8, 4) is 0 Å². The first-order valence-electron chi connectivity index (χ1n) is 7.95. The molecule has 0 bridgehead atoms. The number of urea groups is 1. The largest absolute Gasteiger partial charge is 0.481 e. The van der Waals surface area contributed by atoms with Crippen molar-refractivity contribution in [3.63, 3.8) is 0 Å². The van der Waals surface area contributed by atoms with Gasteiger partial charge in [-0.2, -0.15) is 0 Å². The van der Waals surface area contributed by atoms with Crippen LogP contribution in [0.4, 0.5) is 4.79 Å². The van der Waals surface area contributed by atoms with Gasteiger partial charge < -0.3 is 15.3 Å². The summed E-state index contributed by atoms with van der Waals surface area (Å²) in [5, 5.41) is 12.1. The first kappa shape index (κ1) is 15.1. The third kappa shape index (κ3) is 4.39. The maximum atomic E-state index is 12.2. The summed E-state index contributed by atoms with van der Waals surface area (Å²) >= 11 is 0. The Hall–Kier alpha value is -1.26. The lowest BCUT2D eigenvalue weighted by Crippen LogP contribution is -2.47. The zero-order valence-corrected chi connectivity index (χ0v) is 12.1. The second-order valence-electron chi connectivity index (χ2n) is 6.09. The number of carbonyl (C=O) groups excluding carboxylic acids is 1. The molecular weight excluding hydrogens is 256 g/mol. The molecule has 1 saturated carbocycles. The molecule has 2 N–H and O–H groups in total. The fraction of sp³-hybridized carbons (Fsp3) is 0.867. The van der Waals surface area contributed by atoms with Gasteiger partial charge in [-0.15, -0.1) is 0 Å². The summed E-state index contributed by atoms with van der Waals surface area (Å²) in [6, 6.07) is 0.203. The van der Waals surface area contributed by atoms with E-state index < -0.39 is 5.97 Å². The molecule has 0 radical (unpaired) electrons. The van der Waals surface area contributed by atoms with Crippen LogP contribution >= 0.6 is 0 Å². The zero-order valence-electron chi connectivity index (χ0n) is 12.1. The van der Waals surface area contributed by atoms with Crippen LogP contribution in [0.15, 0.2) is 0 Å². The number of nitrogens with one attached hydrogen (secondary N) is 1. The van der Waals surface area contributed by atoms with Crippen molar-refractivity contribution < 1.29 is 14.7 Å². The maximum Gasteiger partial charge on any atom is 0.317 e. The van der Waals surface area contributed by atoms with Gasteiger partial charge in [0.2, 0.25) is 0 Å². The summed E-state index contributed by atoms with van der Waals surface area (Å²) in [6.45, 7) is 1.71. The van der Waals surface area contributed by atoms with E-state index in [1.165, 1.54) is 19.3 Å². The highest BCUT2D eigenvalue weighted by molar-refractivity contribution is 5.74. The van der Waals surface area contributed by atoms with E-state index in [4.69, 9.17) is 5.11 Å². The fourth-order valence-corrected chi connectivity index (χ4v) is 3.20. The summed E-state index contributed by atoms with van der Waals surface area (Å²) in [5.41, 5.74) is 0. The molecule has 0 aromatic carbocycles. The van der Waals surface area contributed by atoms with Crippen molar-refractivity contribution in [2.24, 2.45) is 5.92 Å². The van der Waals surface area contributed by atoms with E-state index in [0.29, 0.717) is 12.8 Å². The monoisotopic (exact) mass is 282 g/mol. The van der Waals surface area contributed by atoms with E-state index in [1.54, 1.807) is 0 Å². The van der Waals surface area contributed by atoms with Gasteiger partial charge in [0.15, 0.2) is 0 Å². The number of aliphatic carboxylic acids is 1. The average molecular weight is 282 g/mol. The number of carboxylic acid groups (broad SMARTS) is 1. The van der Waals surface area contributed by atoms with Crippen LogP contribution in [0.1, 0.15) is 57.8 Å². The molecule has 2 aliphatic rings.